The third-order valence-corrected chi connectivity index (χ3v) is 4.92. The smallest absolute Gasteiger partial charge is 0.240 e. The molecule has 7 heteroatoms. The van der Waals surface area contributed by atoms with Gasteiger partial charge in [-0.05, 0) is 36.8 Å². The number of hydrogen-bond donors (Lipinski definition) is 2. The fraction of sp³-hybridized carbons (Fsp3) is 0.235. The van der Waals surface area contributed by atoms with E-state index in [1.807, 2.05) is 0 Å². The molecule has 0 aliphatic heterocycles. The Balaban J connectivity index is 2.12. The molecule has 2 aromatic rings. The Bertz CT molecular complexity index is 832. The summed E-state index contributed by atoms with van der Waals surface area (Å²) in [6.45, 7) is 1.17. The van der Waals surface area contributed by atoms with Crippen LogP contribution in [0.5, 0.6) is 5.75 Å². The monoisotopic (exact) mass is 349 g/mol. The second-order valence-corrected chi connectivity index (χ2v) is 7.00. The molecule has 0 spiro atoms. The van der Waals surface area contributed by atoms with Gasteiger partial charge in [0, 0.05) is 12.1 Å². The topological polar surface area (TPSA) is 92.7 Å². The highest BCUT2D eigenvalue weighted by atomic mass is 32.2. The second kappa shape index (κ2) is 7.57. The number of aliphatic hydroxyl groups excluding tert-OH is 1. The fourth-order valence-corrected chi connectivity index (χ4v) is 3.20. The summed E-state index contributed by atoms with van der Waals surface area (Å²) in [5, 5.41) is 10.2. The molecule has 0 amide bonds. The number of ether oxygens (including phenoxy) is 1. The number of aliphatic hydroxyl groups is 1. The average Bonchev–Trinajstić information content (AvgIpc) is 2.59. The molecule has 2 rings (SSSR count). The molecule has 6 nitrogen and oxygen atoms in total. The van der Waals surface area contributed by atoms with E-state index in [1.165, 1.54) is 32.2 Å². The van der Waals surface area contributed by atoms with Gasteiger partial charge in [-0.15, -0.1) is 0 Å². The maximum absolute atomic E-state index is 12.3. The van der Waals surface area contributed by atoms with E-state index in [-0.39, 0.29) is 17.2 Å². The van der Waals surface area contributed by atoms with Crippen LogP contribution in [0.4, 0.5) is 0 Å². The number of sulfonamides is 1. The van der Waals surface area contributed by atoms with Gasteiger partial charge in [-0.2, -0.15) is 0 Å². The summed E-state index contributed by atoms with van der Waals surface area (Å²) in [7, 11) is -2.32. The lowest BCUT2D eigenvalue weighted by atomic mass is 10.1. The molecular formula is C17H19NO5S. The van der Waals surface area contributed by atoms with Crippen molar-refractivity contribution in [2.24, 2.45) is 0 Å². The normalized spacial score (nSPS) is 12.6. The summed E-state index contributed by atoms with van der Waals surface area (Å²) in [6, 6.07) is 12.5. The molecule has 0 saturated carbocycles. The molecule has 0 radical (unpaired) electrons. The lowest BCUT2D eigenvalue weighted by molar-refractivity contribution is 0.101. The molecular weight excluding hydrogens is 330 g/mol. The van der Waals surface area contributed by atoms with Crippen molar-refractivity contribution in [3.8, 4) is 5.75 Å². The van der Waals surface area contributed by atoms with Crippen molar-refractivity contribution in [1.82, 2.24) is 4.72 Å². The van der Waals surface area contributed by atoms with Crippen molar-refractivity contribution in [1.29, 1.82) is 0 Å². The first-order valence-electron chi connectivity index (χ1n) is 7.26. The first kappa shape index (κ1) is 18.1. The molecule has 2 N–H and O–H groups in total. The number of rotatable bonds is 7. The van der Waals surface area contributed by atoms with E-state index in [9.17, 15) is 18.3 Å². The van der Waals surface area contributed by atoms with E-state index in [0.717, 1.165) is 0 Å². The highest BCUT2D eigenvalue weighted by Crippen LogP contribution is 2.19. The van der Waals surface area contributed by atoms with Crippen molar-refractivity contribution in [2.45, 2.75) is 17.9 Å². The Morgan fingerprint density at radius 3 is 2.58 bits per heavy atom. The van der Waals surface area contributed by atoms with Crippen molar-refractivity contribution < 1.29 is 23.1 Å². The Kier molecular flexibility index (Phi) is 5.71. The average molecular weight is 349 g/mol. The molecule has 0 aliphatic carbocycles. The first-order chi connectivity index (χ1) is 11.3. The van der Waals surface area contributed by atoms with E-state index in [2.05, 4.69) is 4.72 Å². The van der Waals surface area contributed by atoms with Crippen LogP contribution >= 0.6 is 0 Å². The number of nitrogens with one attached hydrogen (secondary N) is 1. The molecule has 2 aromatic carbocycles. The molecule has 1 atom stereocenters. The van der Waals surface area contributed by atoms with Crippen LogP contribution < -0.4 is 9.46 Å². The van der Waals surface area contributed by atoms with Gasteiger partial charge >= 0.3 is 0 Å². The number of ketones is 1. The van der Waals surface area contributed by atoms with Crippen LogP contribution in [0.2, 0.25) is 0 Å². The van der Waals surface area contributed by atoms with Gasteiger partial charge in [-0.1, -0.05) is 24.3 Å². The van der Waals surface area contributed by atoms with Gasteiger partial charge in [0.25, 0.3) is 0 Å². The van der Waals surface area contributed by atoms with Crippen molar-refractivity contribution in [3.63, 3.8) is 0 Å². The summed E-state index contributed by atoms with van der Waals surface area (Å²) in [4.78, 5) is 11.3. The predicted octanol–water partition coefficient (Wildman–Crippen LogP) is 1.91. The standard InChI is InChI=1S/C17H19NO5S/c1-12(19)13-5-4-8-16(10-13)24(21,22)18-11-17(20)14-6-3-7-15(9-14)23-2/h3-10,17-18,20H,11H2,1-2H3. The Hall–Kier alpha value is -2.22. The van der Waals surface area contributed by atoms with E-state index < -0.39 is 16.1 Å². The van der Waals surface area contributed by atoms with Gasteiger partial charge in [-0.3, -0.25) is 4.79 Å². The zero-order chi connectivity index (χ0) is 17.7. The molecule has 1 unspecified atom stereocenters. The number of carbonyl (C=O) groups excluding carboxylic acids is 1. The number of Topliss-reactive ketones (excluding diaryl/α,β-unsaturated/α-hetero) is 1. The summed E-state index contributed by atoms with van der Waals surface area (Å²) in [5.41, 5.74) is 0.848. The van der Waals surface area contributed by atoms with E-state index in [4.69, 9.17) is 4.74 Å². The van der Waals surface area contributed by atoms with Crippen LogP contribution in [0.15, 0.2) is 53.4 Å². The highest BCUT2D eigenvalue weighted by molar-refractivity contribution is 7.89. The zero-order valence-electron chi connectivity index (χ0n) is 13.4. The molecule has 128 valence electrons. The molecule has 0 fully saturated rings. The van der Waals surface area contributed by atoms with Crippen LogP contribution in [0.25, 0.3) is 0 Å². The highest BCUT2D eigenvalue weighted by Gasteiger charge is 2.18. The maximum Gasteiger partial charge on any atom is 0.240 e. The SMILES string of the molecule is COc1cccc(C(O)CNS(=O)(=O)c2cccc(C(C)=O)c2)c1. The van der Waals surface area contributed by atoms with Gasteiger partial charge in [0.05, 0.1) is 18.1 Å². The summed E-state index contributed by atoms with van der Waals surface area (Å²) in [5.74, 6) is 0.354. The first-order valence-corrected chi connectivity index (χ1v) is 8.74. The largest absolute Gasteiger partial charge is 0.497 e. The second-order valence-electron chi connectivity index (χ2n) is 5.23. The summed E-state index contributed by atoms with van der Waals surface area (Å²) >= 11 is 0. The van der Waals surface area contributed by atoms with Gasteiger partial charge < -0.3 is 9.84 Å². The van der Waals surface area contributed by atoms with E-state index in [1.54, 1.807) is 30.3 Å². The van der Waals surface area contributed by atoms with Gasteiger partial charge in [0.2, 0.25) is 10.0 Å². The molecule has 0 heterocycles. The van der Waals surface area contributed by atoms with Crippen LogP contribution in [0, 0.1) is 0 Å². The van der Waals surface area contributed by atoms with Crippen molar-refractivity contribution in [2.75, 3.05) is 13.7 Å². The van der Waals surface area contributed by atoms with Crippen molar-refractivity contribution >= 4 is 15.8 Å². The zero-order valence-corrected chi connectivity index (χ0v) is 14.2. The molecule has 0 aliphatic rings. The van der Waals surface area contributed by atoms with E-state index in [0.29, 0.717) is 16.9 Å². The molecule has 0 aromatic heterocycles. The molecule has 0 saturated heterocycles. The van der Waals surface area contributed by atoms with Crippen LogP contribution in [-0.2, 0) is 10.0 Å². The number of carbonyl (C=O) groups is 1. The lowest BCUT2D eigenvalue weighted by Gasteiger charge is -2.14. The Morgan fingerprint density at radius 1 is 1.21 bits per heavy atom. The maximum atomic E-state index is 12.3. The minimum atomic E-state index is -3.83. The summed E-state index contributed by atoms with van der Waals surface area (Å²) < 4.78 is 32.0. The summed E-state index contributed by atoms with van der Waals surface area (Å²) in [6.07, 6.45) is -1.02. The molecule has 24 heavy (non-hydrogen) atoms. The van der Waals surface area contributed by atoms with E-state index >= 15 is 0 Å². The predicted molar refractivity (Wildman–Crippen MR) is 89.6 cm³/mol. The number of hydrogen-bond acceptors (Lipinski definition) is 5. The number of benzene rings is 2. The Labute approximate surface area is 141 Å². The van der Waals surface area contributed by atoms with Gasteiger partial charge in [0.15, 0.2) is 5.78 Å². The van der Waals surface area contributed by atoms with Crippen LogP contribution in [0.3, 0.4) is 0 Å². The quantitative estimate of drug-likeness (QED) is 0.745. The van der Waals surface area contributed by atoms with Crippen LogP contribution in [0.1, 0.15) is 28.9 Å². The van der Waals surface area contributed by atoms with Crippen molar-refractivity contribution in [3.05, 3.63) is 59.7 Å². The third-order valence-electron chi connectivity index (χ3n) is 3.50. The Morgan fingerprint density at radius 2 is 1.92 bits per heavy atom. The minimum absolute atomic E-state index is 0.0203. The molecule has 0 bridgehead atoms. The van der Waals surface area contributed by atoms with Gasteiger partial charge in [-0.25, -0.2) is 13.1 Å². The minimum Gasteiger partial charge on any atom is -0.497 e. The van der Waals surface area contributed by atoms with Crippen LogP contribution in [-0.4, -0.2) is 33.0 Å². The van der Waals surface area contributed by atoms with Gasteiger partial charge in [0.1, 0.15) is 5.75 Å². The fourth-order valence-electron chi connectivity index (χ4n) is 2.12. The third kappa shape index (κ3) is 4.41. The lowest BCUT2D eigenvalue weighted by Crippen LogP contribution is -2.28. The number of methoxy groups -OCH3 is 1.